The highest BCUT2D eigenvalue weighted by Gasteiger charge is 2.14. The van der Waals surface area contributed by atoms with E-state index in [9.17, 15) is 4.79 Å². The van der Waals surface area contributed by atoms with E-state index in [1.807, 2.05) is 20.8 Å². The second-order valence-electron chi connectivity index (χ2n) is 4.98. The normalized spacial score (nSPS) is 11.2. The van der Waals surface area contributed by atoms with E-state index in [2.05, 4.69) is 0 Å². The molecule has 0 heterocycles. The molecular formula is C14H20O5. The Morgan fingerprint density at radius 1 is 1.26 bits per heavy atom. The lowest BCUT2D eigenvalue weighted by Gasteiger charge is -2.19. The Hall–Kier alpha value is -1.75. The van der Waals surface area contributed by atoms with Gasteiger partial charge in [0, 0.05) is 0 Å². The highest BCUT2D eigenvalue weighted by molar-refractivity contribution is 5.91. The van der Waals surface area contributed by atoms with Crippen molar-refractivity contribution in [1.29, 1.82) is 0 Å². The quantitative estimate of drug-likeness (QED) is 0.803. The molecule has 0 amide bonds. The van der Waals surface area contributed by atoms with E-state index in [1.54, 1.807) is 12.1 Å². The predicted octanol–water partition coefficient (Wildman–Crippen LogP) is 2.59. The first-order chi connectivity index (χ1) is 8.83. The predicted molar refractivity (Wildman–Crippen MR) is 71.2 cm³/mol. The molecule has 0 unspecified atom stereocenters. The van der Waals surface area contributed by atoms with Gasteiger partial charge in [0.2, 0.25) is 0 Å². The number of carboxylic acids is 1. The average molecular weight is 268 g/mol. The molecular weight excluding hydrogens is 248 g/mol. The van der Waals surface area contributed by atoms with E-state index in [1.165, 1.54) is 13.2 Å². The maximum Gasteiger partial charge on any atom is 0.339 e. The van der Waals surface area contributed by atoms with Gasteiger partial charge in [-0.05, 0) is 39.0 Å². The largest absolute Gasteiger partial charge is 0.497 e. The van der Waals surface area contributed by atoms with E-state index >= 15 is 0 Å². The second kappa shape index (κ2) is 6.43. The number of hydrogen-bond donors (Lipinski definition) is 1. The van der Waals surface area contributed by atoms with Crippen LogP contribution in [0, 0.1) is 0 Å². The standard InChI is InChI=1S/C14H20O5/c1-14(2,3)19-8-7-18-12-6-5-10(17-4)9-11(12)13(15)16/h5-6,9H,7-8H2,1-4H3,(H,15,16). The van der Waals surface area contributed by atoms with Crippen molar-refractivity contribution in [2.24, 2.45) is 0 Å². The molecule has 0 atom stereocenters. The summed E-state index contributed by atoms with van der Waals surface area (Å²) in [6.45, 7) is 6.54. The number of aromatic carboxylic acids is 1. The van der Waals surface area contributed by atoms with Gasteiger partial charge in [0.1, 0.15) is 23.7 Å². The van der Waals surface area contributed by atoms with Crippen molar-refractivity contribution in [2.75, 3.05) is 20.3 Å². The number of methoxy groups -OCH3 is 1. The zero-order valence-corrected chi connectivity index (χ0v) is 11.7. The lowest BCUT2D eigenvalue weighted by Crippen LogP contribution is -2.22. The van der Waals surface area contributed by atoms with Crippen molar-refractivity contribution in [3.8, 4) is 11.5 Å². The van der Waals surface area contributed by atoms with Gasteiger partial charge in [0.15, 0.2) is 0 Å². The summed E-state index contributed by atoms with van der Waals surface area (Å²) in [5.74, 6) is -0.257. The van der Waals surface area contributed by atoms with Crippen LogP contribution in [0.5, 0.6) is 11.5 Å². The molecule has 5 heteroatoms. The molecule has 0 aliphatic heterocycles. The minimum Gasteiger partial charge on any atom is -0.497 e. The third-order valence-corrected chi connectivity index (χ3v) is 2.29. The molecule has 0 saturated heterocycles. The van der Waals surface area contributed by atoms with Crippen LogP contribution >= 0.6 is 0 Å². The number of hydrogen-bond acceptors (Lipinski definition) is 4. The van der Waals surface area contributed by atoms with Crippen LogP contribution in [0.1, 0.15) is 31.1 Å². The highest BCUT2D eigenvalue weighted by atomic mass is 16.5. The molecule has 0 aliphatic rings. The van der Waals surface area contributed by atoms with Gasteiger partial charge in [-0.25, -0.2) is 4.79 Å². The van der Waals surface area contributed by atoms with Crippen molar-refractivity contribution >= 4 is 5.97 Å². The van der Waals surface area contributed by atoms with Gasteiger partial charge in [0.25, 0.3) is 0 Å². The minimum absolute atomic E-state index is 0.0788. The molecule has 1 rings (SSSR count). The van der Waals surface area contributed by atoms with Gasteiger partial charge < -0.3 is 19.3 Å². The van der Waals surface area contributed by atoms with Crippen LogP contribution in [-0.2, 0) is 4.74 Å². The zero-order valence-electron chi connectivity index (χ0n) is 11.7. The maximum absolute atomic E-state index is 11.1. The van der Waals surface area contributed by atoms with E-state index in [0.29, 0.717) is 24.7 Å². The van der Waals surface area contributed by atoms with Crippen molar-refractivity contribution in [3.63, 3.8) is 0 Å². The van der Waals surface area contributed by atoms with Crippen LogP contribution in [0.25, 0.3) is 0 Å². The first-order valence-electron chi connectivity index (χ1n) is 6.01. The molecule has 0 saturated carbocycles. The number of carboxylic acid groups (broad SMARTS) is 1. The summed E-state index contributed by atoms with van der Waals surface area (Å²) in [6, 6.07) is 4.67. The van der Waals surface area contributed by atoms with E-state index in [4.69, 9.17) is 19.3 Å². The third kappa shape index (κ3) is 5.18. The smallest absolute Gasteiger partial charge is 0.339 e. The van der Waals surface area contributed by atoms with Crippen LogP contribution < -0.4 is 9.47 Å². The summed E-state index contributed by atoms with van der Waals surface area (Å²) < 4.78 is 15.9. The number of rotatable bonds is 6. The number of benzene rings is 1. The Morgan fingerprint density at radius 3 is 2.47 bits per heavy atom. The van der Waals surface area contributed by atoms with Gasteiger partial charge >= 0.3 is 5.97 Å². The van der Waals surface area contributed by atoms with Gasteiger partial charge in [0.05, 0.1) is 19.3 Å². The molecule has 19 heavy (non-hydrogen) atoms. The molecule has 0 bridgehead atoms. The minimum atomic E-state index is -1.05. The Kier molecular flexibility index (Phi) is 5.18. The Balaban J connectivity index is 2.65. The summed E-state index contributed by atoms with van der Waals surface area (Å²) in [7, 11) is 1.48. The average Bonchev–Trinajstić information content (AvgIpc) is 2.33. The fourth-order valence-electron chi connectivity index (χ4n) is 1.43. The van der Waals surface area contributed by atoms with E-state index in [0.717, 1.165) is 0 Å². The monoisotopic (exact) mass is 268 g/mol. The van der Waals surface area contributed by atoms with Crippen LogP contribution in [0.2, 0.25) is 0 Å². The van der Waals surface area contributed by atoms with Gasteiger partial charge in [-0.1, -0.05) is 0 Å². The molecule has 0 radical (unpaired) electrons. The van der Waals surface area contributed by atoms with Crippen LogP contribution in [0.3, 0.4) is 0 Å². The maximum atomic E-state index is 11.1. The first kappa shape index (κ1) is 15.3. The van der Waals surface area contributed by atoms with Crippen molar-refractivity contribution < 1.29 is 24.1 Å². The summed E-state index contributed by atoms with van der Waals surface area (Å²) in [4.78, 5) is 11.1. The lowest BCUT2D eigenvalue weighted by molar-refractivity contribution is -0.0164. The Morgan fingerprint density at radius 2 is 1.95 bits per heavy atom. The summed E-state index contributed by atoms with van der Waals surface area (Å²) >= 11 is 0. The summed E-state index contributed by atoms with van der Waals surface area (Å²) in [6.07, 6.45) is 0. The molecule has 0 fully saturated rings. The number of ether oxygens (including phenoxy) is 3. The highest BCUT2D eigenvalue weighted by Crippen LogP contribution is 2.24. The molecule has 106 valence electrons. The molecule has 0 spiro atoms. The molecule has 5 nitrogen and oxygen atoms in total. The fourth-order valence-corrected chi connectivity index (χ4v) is 1.43. The summed E-state index contributed by atoms with van der Waals surface area (Å²) in [5.41, 5.74) is -0.158. The Labute approximate surface area is 113 Å². The molecule has 1 N–H and O–H groups in total. The second-order valence-corrected chi connectivity index (χ2v) is 4.98. The Bertz CT molecular complexity index is 434. The molecule has 0 aromatic heterocycles. The van der Waals surface area contributed by atoms with Crippen molar-refractivity contribution in [1.82, 2.24) is 0 Å². The van der Waals surface area contributed by atoms with Crippen LogP contribution in [-0.4, -0.2) is 37.0 Å². The van der Waals surface area contributed by atoms with E-state index in [-0.39, 0.29) is 11.2 Å². The van der Waals surface area contributed by atoms with E-state index < -0.39 is 5.97 Å². The first-order valence-corrected chi connectivity index (χ1v) is 6.01. The molecule has 1 aromatic carbocycles. The SMILES string of the molecule is COc1ccc(OCCOC(C)(C)C)c(C(=O)O)c1. The van der Waals surface area contributed by atoms with Gasteiger partial charge in [-0.15, -0.1) is 0 Å². The number of carbonyl (C=O) groups is 1. The van der Waals surface area contributed by atoms with Crippen LogP contribution in [0.15, 0.2) is 18.2 Å². The van der Waals surface area contributed by atoms with Crippen LogP contribution in [0.4, 0.5) is 0 Å². The lowest BCUT2D eigenvalue weighted by atomic mass is 10.2. The molecule has 1 aromatic rings. The third-order valence-electron chi connectivity index (χ3n) is 2.29. The molecule has 0 aliphatic carbocycles. The van der Waals surface area contributed by atoms with Gasteiger partial charge in [-0.3, -0.25) is 0 Å². The van der Waals surface area contributed by atoms with Crippen molar-refractivity contribution in [3.05, 3.63) is 23.8 Å². The fraction of sp³-hybridized carbons (Fsp3) is 0.500. The van der Waals surface area contributed by atoms with Gasteiger partial charge in [-0.2, -0.15) is 0 Å². The topological polar surface area (TPSA) is 65.0 Å². The van der Waals surface area contributed by atoms with Crippen molar-refractivity contribution in [2.45, 2.75) is 26.4 Å². The summed E-state index contributed by atoms with van der Waals surface area (Å²) in [5, 5.41) is 9.10. The zero-order chi connectivity index (χ0) is 14.5.